The number of carbonyl (C=O) groups excluding carboxylic acids is 1. The van der Waals surface area contributed by atoms with Gasteiger partial charge >= 0.3 is 0 Å². The first-order chi connectivity index (χ1) is 12.1. The van der Waals surface area contributed by atoms with Crippen LogP contribution in [-0.4, -0.2) is 65.6 Å². The summed E-state index contributed by atoms with van der Waals surface area (Å²) in [5, 5.41) is 10.3. The summed E-state index contributed by atoms with van der Waals surface area (Å²) in [7, 11) is 3.94. The van der Waals surface area contributed by atoms with Crippen molar-refractivity contribution in [2.24, 2.45) is 5.92 Å². The fourth-order valence-corrected chi connectivity index (χ4v) is 4.31. The second-order valence-corrected chi connectivity index (χ2v) is 7.27. The molecule has 5 heteroatoms. The van der Waals surface area contributed by atoms with Crippen LogP contribution in [0.1, 0.15) is 17.5 Å². The Hall–Kier alpha value is -2.11. The van der Waals surface area contributed by atoms with Crippen molar-refractivity contribution >= 4 is 22.4 Å². The van der Waals surface area contributed by atoms with Gasteiger partial charge in [0.15, 0.2) is 0 Å². The molecule has 2 atom stereocenters. The van der Waals surface area contributed by atoms with E-state index in [2.05, 4.69) is 47.4 Å². The normalized spacial score (nSPS) is 22.6. The van der Waals surface area contributed by atoms with Gasteiger partial charge in [-0.1, -0.05) is 18.2 Å². The summed E-state index contributed by atoms with van der Waals surface area (Å²) in [6, 6.07) is 6.70. The first kappa shape index (κ1) is 16.4. The van der Waals surface area contributed by atoms with Gasteiger partial charge in [0.2, 0.25) is 5.91 Å². The number of hydrogen-bond donors (Lipinski definition) is 2. The second kappa shape index (κ2) is 6.32. The Morgan fingerprint density at radius 1 is 1.44 bits per heavy atom. The molecule has 1 aliphatic carbocycles. The van der Waals surface area contributed by atoms with E-state index in [-0.39, 0.29) is 18.4 Å². The molecule has 2 N–H and O–H groups in total. The van der Waals surface area contributed by atoms with Crippen molar-refractivity contribution in [3.8, 4) is 0 Å². The third-order valence-corrected chi connectivity index (χ3v) is 5.61. The van der Waals surface area contributed by atoms with E-state index < -0.39 is 0 Å². The van der Waals surface area contributed by atoms with Crippen molar-refractivity contribution in [1.82, 2.24) is 14.8 Å². The average molecular weight is 339 g/mol. The number of carbonyl (C=O) groups is 1. The van der Waals surface area contributed by atoms with Crippen LogP contribution in [0.2, 0.25) is 0 Å². The van der Waals surface area contributed by atoms with E-state index >= 15 is 0 Å². The SMILES string of the molecule is CN(CCCO)C(=O)[C@@H]1C=C2c3cccc4[nH]cc(c34)C[C@H]2N(C)C1. The molecular weight excluding hydrogens is 314 g/mol. The molecule has 0 unspecified atom stereocenters. The minimum atomic E-state index is -0.129. The van der Waals surface area contributed by atoms with Gasteiger partial charge in [-0.15, -0.1) is 0 Å². The van der Waals surface area contributed by atoms with Crippen molar-refractivity contribution in [3.05, 3.63) is 41.6 Å². The van der Waals surface area contributed by atoms with Crippen LogP contribution in [0.15, 0.2) is 30.5 Å². The molecule has 5 nitrogen and oxygen atoms in total. The van der Waals surface area contributed by atoms with E-state index in [1.807, 2.05) is 7.05 Å². The van der Waals surface area contributed by atoms with Crippen LogP contribution >= 0.6 is 0 Å². The highest BCUT2D eigenvalue weighted by Gasteiger charge is 2.36. The maximum absolute atomic E-state index is 12.8. The molecule has 0 radical (unpaired) electrons. The van der Waals surface area contributed by atoms with E-state index in [9.17, 15) is 4.79 Å². The number of fused-ring (bicyclic) bond motifs is 2. The van der Waals surface area contributed by atoms with E-state index in [0.29, 0.717) is 19.0 Å². The Kier molecular flexibility index (Phi) is 4.13. The number of H-pyrrole nitrogens is 1. The van der Waals surface area contributed by atoms with Gasteiger partial charge in [0.05, 0.1) is 5.92 Å². The maximum atomic E-state index is 12.8. The summed E-state index contributed by atoms with van der Waals surface area (Å²) in [5.41, 5.74) is 5.07. The number of aliphatic hydroxyl groups is 1. The zero-order valence-corrected chi connectivity index (χ0v) is 14.8. The highest BCUT2D eigenvalue weighted by atomic mass is 16.3. The van der Waals surface area contributed by atoms with Crippen LogP contribution in [0.5, 0.6) is 0 Å². The van der Waals surface area contributed by atoms with Crippen LogP contribution in [0.25, 0.3) is 16.5 Å². The lowest BCUT2D eigenvalue weighted by atomic mass is 9.79. The van der Waals surface area contributed by atoms with E-state index in [4.69, 9.17) is 5.11 Å². The highest BCUT2D eigenvalue weighted by Crippen LogP contribution is 2.40. The molecule has 0 bridgehead atoms. The molecular formula is C20H25N3O2. The number of benzene rings is 1. The molecule has 25 heavy (non-hydrogen) atoms. The molecule has 4 rings (SSSR count). The Bertz CT molecular complexity index is 839. The van der Waals surface area contributed by atoms with Crippen molar-refractivity contribution < 1.29 is 9.90 Å². The Labute approximate surface area is 147 Å². The van der Waals surface area contributed by atoms with Gasteiger partial charge in [-0.05, 0) is 42.7 Å². The quantitative estimate of drug-likeness (QED) is 0.894. The van der Waals surface area contributed by atoms with Crippen LogP contribution in [0.4, 0.5) is 0 Å². The van der Waals surface area contributed by atoms with Crippen LogP contribution in [0, 0.1) is 5.92 Å². The van der Waals surface area contributed by atoms with Crippen molar-refractivity contribution in [2.45, 2.75) is 18.9 Å². The Morgan fingerprint density at radius 3 is 3.08 bits per heavy atom. The summed E-state index contributed by atoms with van der Waals surface area (Å²) in [6.45, 7) is 1.45. The molecule has 0 saturated heterocycles. The molecule has 2 aliphatic rings. The van der Waals surface area contributed by atoms with Crippen molar-refractivity contribution in [2.75, 3.05) is 33.8 Å². The summed E-state index contributed by atoms with van der Waals surface area (Å²) in [5.74, 6) is 0.00832. The fraction of sp³-hybridized carbons (Fsp3) is 0.450. The smallest absolute Gasteiger partial charge is 0.230 e. The lowest BCUT2D eigenvalue weighted by molar-refractivity contribution is -0.133. The first-order valence-electron chi connectivity index (χ1n) is 8.97. The fourth-order valence-electron chi connectivity index (χ4n) is 4.31. The predicted octanol–water partition coefficient (Wildman–Crippen LogP) is 1.88. The lowest BCUT2D eigenvalue weighted by Crippen LogP contribution is -2.47. The summed E-state index contributed by atoms with van der Waals surface area (Å²) < 4.78 is 0. The monoisotopic (exact) mass is 339 g/mol. The molecule has 1 aromatic heterocycles. The molecule has 2 heterocycles. The largest absolute Gasteiger partial charge is 0.396 e. The number of rotatable bonds is 4. The third kappa shape index (κ3) is 2.68. The minimum absolute atomic E-state index is 0.115. The number of hydrogen-bond acceptors (Lipinski definition) is 3. The van der Waals surface area contributed by atoms with Crippen LogP contribution < -0.4 is 0 Å². The molecule has 1 amide bonds. The van der Waals surface area contributed by atoms with Gasteiger partial charge < -0.3 is 15.0 Å². The van der Waals surface area contributed by atoms with Crippen molar-refractivity contribution in [3.63, 3.8) is 0 Å². The van der Waals surface area contributed by atoms with E-state index in [0.717, 1.165) is 13.0 Å². The summed E-state index contributed by atoms with van der Waals surface area (Å²) in [4.78, 5) is 20.3. The van der Waals surface area contributed by atoms with Crippen molar-refractivity contribution in [1.29, 1.82) is 0 Å². The minimum Gasteiger partial charge on any atom is -0.396 e. The highest BCUT2D eigenvalue weighted by molar-refractivity contribution is 5.99. The Balaban J connectivity index is 1.71. The molecule has 0 spiro atoms. The number of aromatic amines is 1. The summed E-state index contributed by atoms with van der Waals surface area (Å²) in [6.07, 6.45) is 5.92. The standard InChI is InChI=1S/C20H25N3O2/c1-22(7-4-8-24)20(25)14-9-16-15-5-3-6-17-19(15)13(11-21-17)10-18(16)23(2)12-14/h3,5-6,9,11,14,18,21,24H,4,7-8,10,12H2,1-2H3/t14-,18-/m1/s1. The van der Waals surface area contributed by atoms with E-state index in [1.54, 1.807) is 4.90 Å². The molecule has 2 aromatic rings. The number of nitrogens with zero attached hydrogens (tertiary/aromatic N) is 2. The molecule has 0 saturated carbocycles. The maximum Gasteiger partial charge on any atom is 0.230 e. The molecule has 132 valence electrons. The number of amides is 1. The van der Waals surface area contributed by atoms with Gasteiger partial charge in [-0.3, -0.25) is 9.69 Å². The van der Waals surface area contributed by atoms with Crippen LogP contribution in [-0.2, 0) is 11.2 Å². The molecule has 1 aromatic carbocycles. The number of aromatic nitrogens is 1. The number of aliphatic hydroxyl groups excluding tert-OH is 1. The van der Waals surface area contributed by atoms with Gasteiger partial charge in [-0.2, -0.15) is 0 Å². The van der Waals surface area contributed by atoms with Gasteiger partial charge in [0.1, 0.15) is 0 Å². The zero-order valence-electron chi connectivity index (χ0n) is 14.8. The topological polar surface area (TPSA) is 59.6 Å². The molecule has 1 aliphatic heterocycles. The van der Waals surface area contributed by atoms with Gasteiger partial charge in [0, 0.05) is 49.9 Å². The van der Waals surface area contributed by atoms with Gasteiger partial charge in [-0.25, -0.2) is 0 Å². The number of nitrogens with one attached hydrogen (secondary N) is 1. The lowest BCUT2D eigenvalue weighted by Gasteiger charge is -2.40. The summed E-state index contributed by atoms with van der Waals surface area (Å²) >= 11 is 0. The Morgan fingerprint density at radius 2 is 2.28 bits per heavy atom. The number of likely N-dealkylation sites (N-methyl/N-ethyl adjacent to an activating group) is 1. The predicted molar refractivity (Wildman–Crippen MR) is 99.2 cm³/mol. The van der Waals surface area contributed by atoms with E-state index in [1.165, 1.54) is 27.6 Å². The first-order valence-corrected chi connectivity index (χ1v) is 8.97. The third-order valence-electron chi connectivity index (χ3n) is 5.61. The molecule has 0 fully saturated rings. The average Bonchev–Trinajstić information content (AvgIpc) is 3.04. The van der Waals surface area contributed by atoms with Gasteiger partial charge in [0.25, 0.3) is 0 Å². The second-order valence-electron chi connectivity index (χ2n) is 7.27. The zero-order chi connectivity index (χ0) is 17.6. The van der Waals surface area contributed by atoms with Crippen LogP contribution in [0.3, 0.4) is 0 Å².